The summed E-state index contributed by atoms with van der Waals surface area (Å²) in [6, 6.07) is 4.91. The van der Waals surface area contributed by atoms with E-state index in [0.717, 1.165) is 10.2 Å². The monoisotopic (exact) mass is 357 g/mol. The van der Waals surface area contributed by atoms with E-state index in [4.69, 9.17) is 11.5 Å². The second kappa shape index (κ2) is 6.69. The standard InChI is InChI=1S/C15H15N7O2S/c1-7(12(16)23)20-15-18-5-9(13(17)24)14(22-15)21-8-2-3-11-10(4-8)19-6-25-11/h2-7H,1H3,(H2,16,23)(H2,17,24)(H2,18,20,21,22). The van der Waals surface area contributed by atoms with Crippen molar-refractivity contribution >= 4 is 50.8 Å². The molecule has 25 heavy (non-hydrogen) atoms. The number of nitrogens with two attached hydrogens (primary N) is 2. The van der Waals surface area contributed by atoms with E-state index in [1.807, 2.05) is 18.2 Å². The second-order valence-electron chi connectivity index (χ2n) is 5.25. The Hall–Kier alpha value is -3.27. The van der Waals surface area contributed by atoms with Gasteiger partial charge in [-0.05, 0) is 25.1 Å². The Bertz CT molecular complexity index is 956. The fourth-order valence-electron chi connectivity index (χ4n) is 2.06. The largest absolute Gasteiger partial charge is 0.368 e. The van der Waals surface area contributed by atoms with Crippen molar-refractivity contribution in [1.29, 1.82) is 0 Å². The molecule has 0 spiro atoms. The molecule has 2 aromatic heterocycles. The number of primary amides is 2. The molecule has 0 fully saturated rings. The highest BCUT2D eigenvalue weighted by molar-refractivity contribution is 7.16. The normalized spacial score (nSPS) is 11.9. The molecule has 9 nitrogen and oxygen atoms in total. The van der Waals surface area contributed by atoms with Gasteiger partial charge in [-0.2, -0.15) is 4.98 Å². The van der Waals surface area contributed by atoms with Crippen LogP contribution in [0.15, 0.2) is 29.9 Å². The number of benzene rings is 1. The van der Waals surface area contributed by atoms with Crippen LogP contribution in [0, 0.1) is 0 Å². The van der Waals surface area contributed by atoms with Crippen molar-refractivity contribution in [1.82, 2.24) is 15.0 Å². The van der Waals surface area contributed by atoms with E-state index in [1.165, 1.54) is 17.5 Å². The van der Waals surface area contributed by atoms with Crippen LogP contribution in [0.2, 0.25) is 0 Å². The molecule has 128 valence electrons. The van der Waals surface area contributed by atoms with Crippen molar-refractivity contribution in [2.24, 2.45) is 11.5 Å². The maximum absolute atomic E-state index is 11.6. The number of nitrogens with zero attached hydrogens (tertiary/aromatic N) is 3. The van der Waals surface area contributed by atoms with Crippen molar-refractivity contribution in [2.75, 3.05) is 10.6 Å². The number of aromatic nitrogens is 3. The van der Waals surface area contributed by atoms with Gasteiger partial charge in [-0.25, -0.2) is 9.97 Å². The Kier molecular flexibility index (Phi) is 4.44. The zero-order valence-electron chi connectivity index (χ0n) is 13.2. The van der Waals surface area contributed by atoms with Crippen LogP contribution in [-0.2, 0) is 4.79 Å². The zero-order chi connectivity index (χ0) is 18.0. The van der Waals surface area contributed by atoms with Gasteiger partial charge in [-0.3, -0.25) is 9.59 Å². The molecule has 10 heteroatoms. The molecule has 0 aliphatic rings. The van der Waals surface area contributed by atoms with Crippen LogP contribution in [0.4, 0.5) is 17.5 Å². The van der Waals surface area contributed by atoms with E-state index < -0.39 is 17.9 Å². The van der Waals surface area contributed by atoms with Gasteiger partial charge in [-0.1, -0.05) is 0 Å². The SMILES string of the molecule is CC(Nc1ncc(C(N)=O)c(Nc2ccc3scnc3c2)n1)C(N)=O. The number of carbonyl (C=O) groups excluding carboxylic acids is 2. The van der Waals surface area contributed by atoms with E-state index in [9.17, 15) is 9.59 Å². The number of thiazole rings is 1. The van der Waals surface area contributed by atoms with Crippen LogP contribution in [0.1, 0.15) is 17.3 Å². The molecule has 2 heterocycles. The fourth-order valence-corrected chi connectivity index (χ4v) is 2.72. The Morgan fingerprint density at radius 3 is 2.76 bits per heavy atom. The molecule has 0 saturated heterocycles. The lowest BCUT2D eigenvalue weighted by Gasteiger charge is -2.13. The summed E-state index contributed by atoms with van der Waals surface area (Å²) in [4.78, 5) is 35.2. The molecule has 0 aliphatic carbocycles. The summed E-state index contributed by atoms with van der Waals surface area (Å²) >= 11 is 1.53. The Balaban J connectivity index is 1.93. The number of amides is 2. The van der Waals surface area contributed by atoms with Gasteiger partial charge in [0.2, 0.25) is 11.9 Å². The van der Waals surface area contributed by atoms with Crippen LogP contribution in [0.3, 0.4) is 0 Å². The Morgan fingerprint density at radius 1 is 1.24 bits per heavy atom. The van der Waals surface area contributed by atoms with Gasteiger partial charge in [0, 0.05) is 11.9 Å². The first-order chi connectivity index (χ1) is 11.9. The minimum Gasteiger partial charge on any atom is -0.368 e. The van der Waals surface area contributed by atoms with Crippen LogP contribution < -0.4 is 22.1 Å². The number of rotatable bonds is 6. The summed E-state index contributed by atoms with van der Waals surface area (Å²) in [7, 11) is 0. The smallest absolute Gasteiger partial charge is 0.254 e. The first-order valence-corrected chi connectivity index (χ1v) is 8.15. The highest BCUT2D eigenvalue weighted by Gasteiger charge is 2.15. The van der Waals surface area contributed by atoms with Gasteiger partial charge in [0.1, 0.15) is 17.4 Å². The maximum Gasteiger partial charge on any atom is 0.254 e. The van der Waals surface area contributed by atoms with Crippen molar-refractivity contribution in [3.8, 4) is 0 Å². The van der Waals surface area contributed by atoms with Gasteiger partial charge >= 0.3 is 0 Å². The van der Waals surface area contributed by atoms with Gasteiger partial charge < -0.3 is 22.1 Å². The quantitative estimate of drug-likeness (QED) is 0.518. The summed E-state index contributed by atoms with van der Waals surface area (Å²) in [6.45, 7) is 1.58. The number of nitrogens with one attached hydrogen (secondary N) is 2. The topological polar surface area (TPSA) is 149 Å². The molecule has 0 bridgehead atoms. The third-order valence-electron chi connectivity index (χ3n) is 3.42. The lowest BCUT2D eigenvalue weighted by atomic mass is 10.2. The third-order valence-corrected chi connectivity index (χ3v) is 4.23. The molecule has 3 rings (SSSR count). The van der Waals surface area contributed by atoms with Crippen LogP contribution in [0.25, 0.3) is 10.2 Å². The molecule has 1 atom stereocenters. The number of carbonyl (C=O) groups is 2. The molecule has 3 aromatic rings. The summed E-state index contributed by atoms with van der Waals surface area (Å²) in [5.41, 5.74) is 14.0. The van der Waals surface area contributed by atoms with Crippen molar-refractivity contribution in [2.45, 2.75) is 13.0 Å². The van der Waals surface area contributed by atoms with Crippen molar-refractivity contribution in [3.63, 3.8) is 0 Å². The molecular weight excluding hydrogens is 342 g/mol. The van der Waals surface area contributed by atoms with Gasteiger partial charge in [0.15, 0.2) is 0 Å². The van der Waals surface area contributed by atoms with Crippen molar-refractivity contribution in [3.05, 3.63) is 35.5 Å². The molecule has 0 radical (unpaired) electrons. The first-order valence-electron chi connectivity index (χ1n) is 7.27. The predicted octanol–water partition coefficient (Wildman–Crippen LogP) is 1.21. The summed E-state index contributed by atoms with van der Waals surface area (Å²) in [5.74, 6) is -0.859. The average Bonchev–Trinajstić information content (AvgIpc) is 3.02. The van der Waals surface area contributed by atoms with E-state index in [2.05, 4.69) is 25.6 Å². The highest BCUT2D eigenvalue weighted by atomic mass is 32.1. The average molecular weight is 357 g/mol. The molecule has 6 N–H and O–H groups in total. The lowest BCUT2D eigenvalue weighted by Crippen LogP contribution is -2.33. The molecule has 1 aromatic carbocycles. The minimum atomic E-state index is -0.674. The van der Waals surface area contributed by atoms with E-state index in [-0.39, 0.29) is 17.3 Å². The zero-order valence-corrected chi connectivity index (χ0v) is 14.0. The van der Waals surface area contributed by atoms with Gasteiger partial charge in [0.05, 0.1) is 15.7 Å². The molecule has 2 amide bonds. The van der Waals surface area contributed by atoms with Gasteiger partial charge in [0.25, 0.3) is 5.91 Å². The third kappa shape index (κ3) is 3.63. The number of hydrogen-bond acceptors (Lipinski definition) is 8. The molecular formula is C15H15N7O2S. The van der Waals surface area contributed by atoms with E-state index in [0.29, 0.717) is 5.69 Å². The van der Waals surface area contributed by atoms with Crippen molar-refractivity contribution < 1.29 is 9.59 Å². The minimum absolute atomic E-state index is 0.121. The van der Waals surface area contributed by atoms with Crippen LogP contribution >= 0.6 is 11.3 Å². The first kappa shape index (κ1) is 16.6. The van der Waals surface area contributed by atoms with E-state index >= 15 is 0 Å². The second-order valence-corrected chi connectivity index (χ2v) is 6.13. The number of anilines is 3. The number of hydrogen-bond donors (Lipinski definition) is 4. The maximum atomic E-state index is 11.6. The Labute approximate surface area is 146 Å². The Morgan fingerprint density at radius 2 is 2.04 bits per heavy atom. The highest BCUT2D eigenvalue weighted by Crippen LogP contribution is 2.25. The summed E-state index contributed by atoms with van der Waals surface area (Å²) in [5, 5.41) is 5.79. The van der Waals surface area contributed by atoms with Gasteiger partial charge in [-0.15, -0.1) is 11.3 Å². The molecule has 1 unspecified atom stereocenters. The molecule has 0 aliphatic heterocycles. The predicted molar refractivity (Wildman–Crippen MR) is 95.7 cm³/mol. The van der Waals surface area contributed by atoms with Crippen LogP contribution in [0.5, 0.6) is 0 Å². The summed E-state index contributed by atoms with van der Waals surface area (Å²) < 4.78 is 1.04. The molecule has 0 saturated carbocycles. The lowest BCUT2D eigenvalue weighted by molar-refractivity contribution is -0.118. The fraction of sp³-hybridized carbons (Fsp3) is 0.133. The van der Waals surface area contributed by atoms with E-state index in [1.54, 1.807) is 12.4 Å². The summed E-state index contributed by atoms with van der Waals surface area (Å²) in [6.07, 6.45) is 1.29. The van der Waals surface area contributed by atoms with Crippen LogP contribution in [-0.4, -0.2) is 32.8 Å². The number of fused-ring (bicyclic) bond motifs is 1.